The summed E-state index contributed by atoms with van der Waals surface area (Å²) in [7, 11) is 0. The highest BCUT2D eigenvalue weighted by Gasteiger charge is 2.26. The number of benzene rings is 1. The van der Waals surface area contributed by atoms with Gasteiger partial charge in [-0.05, 0) is 43.5 Å². The summed E-state index contributed by atoms with van der Waals surface area (Å²) in [5.41, 5.74) is 6.15. The Morgan fingerprint density at radius 2 is 2.22 bits per heavy atom. The van der Waals surface area contributed by atoms with E-state index in [4.69, 9.17) is 5.73 Å². The number of rotatable bonds is 3. The van der Waals surface area contributed by atoms with Crippen molar-refractivity contribution in [1.29, 1.82) is 0 Å². The van der Waals surface area contributed by atoms with Gasteiger partial charge in [0, 0.05) is 18.7 Å². The van der Waals surface area contributed by atoms with Crippen molar-refractivity contribution in [2.24, 2.45) is 11.7 Å². The van der Waals surface area contributed by atoms with Gasteiger partial charge in [-0.1, -0.05) is 6.92 Å². The van der Waals surface area contributed by atoms with Gasteiger partial charge in [-0.25, -0.2) is 8.78 Å². The van der Waals surface area contributed by atoms with Crippen LogP contribution in [0.5, 0.6) is 0 Å². The number of nitrogens with two attached hydrogens (primary N) is 1. The zero-order valence-electron chi connectivity index (χ0n) is 10.7. The fourth-order valence-corrected chi connectivity index (χ4v) is 2.75. The molecule has 0 amide bonds. The molecule has 0 aromatic heterocycles. The minimum absolute atomic E-state index is 0.219. The van der Waals surface area contributed by atoms with Gasteiger partial charge in [-0.2, -0.15) is 0 Å². The van der Waals surface area contributed by atoms with Crippen LogP contribution in [0.25, 0.3) is 0 Å². The first-order valence-electron chi connectivity index (χ1n) is 6.51. The summed E-state index contributed by atoms with van der Waals surface area (Å²) in [5, 5.41) is 0. The Labute approximate surface area is 107 Å². The number of hydrogen-bond acceptors (Lipinski definition) is 2. The predicted octanol–water partition coefficient (Wildman–Crippen LogP) is 2.70. The third-order valence-corrected chi connectivity index (χ3v) is 3.67. The molecule has 1 heterocycles. The number of piperidine rings is 1. The summed E-state index contributed by atoms with van der Waals surface area (Å²) < 4.78 is 27.1. The van der Waals surface area contributed by atoms with Crippen LogP contribution in [0.4, 0.5) is 8.78 Å². The van der Waals surface area contributed by atoms with E-state index >= 15 is 0 Å². The summed E-state index contributed by atoms with van der Waals surface area (Å²) in [4.78, 5) is 2.17. The Kier molecular flexibility index (Phi) is 4.30. The van der Waals surface area contributed by atoms with E-state index in [-0.39, 0.29) is 11.9 Å². The fourth-order valence-electron chi connectivity index (χ4n) is 2.75. The van der Waals surface area contributed by atoms with Crippen molar-refractivity contribution >= 4 is 0 Å². The molecular weight excluding hydrogens is 234 g/mol. The third kappa shape index (κ3) is 2.87. The minimum Gasteiger partial charge on any atom is -0.329 e. The van der Waals surface area contributed by atoms with E-state index in [2.05, 4.69) is 11.8 Å². The van der Waals surface area contributed by atoms with Crippen molar-refractivity contribution in [3.63, 3.8) is 0 Å². The Hall–Kier alpha value is -1.00. The van der Waals surface area contributed by atoms with Gasteiger partial charge in [0.1, 0.15) is 11.6 Å². The predicted molar refractivity (Wildman–Crippen MR) is 68.1 cm³/mol. The number of likely N-dealkylation sites (tertiary alicyclic amines) is 1. The van der Waals surface area contributed by atoms with E-state index in [0.717, 1.165) is 25.6 Å². The summed E-state index contributed by atoms with van der Waals surface area (Å²) >= 11 is 0. The van der Waals surface area contributed by atoms with Crippen LogP contribution in [0, 0.1) is 17.6 Å². The van der Waals surface area contributed by atoms with Crippen LogP contribution < -0.4 is 5.73 Å². The second-order valence-electron chi connectivity index (χ2n) is 5.16. The quantitative estimate of drug-likeness (QED) is 0.898. The van der Waals surface area contributed by atoms with Gasteiger partial charge in [0.2, 0.25) is 0 Å². The van der Waals surface area contributed by atoms with Gasteiger partial charge in [0.15, 0.2) is 0 Å². The van der Waals surface area contributed by atoms with E-state index < -0.39 is 5.82 Å². The fraction of sp³-hybridized carbons (Fsp3) is 0.571. The van der Waals surface area contributed by atoms with E-state index in [1.807, 2.05) is 0 Å². The standard InChI is InChI=1S/C14H20F2N2/c1-10-3-2-6-18(9-10)14(8-17)12-7-11(15)4-5-13(12)16/h4-5,7,10,14H,2-3,6,8-9,17H2,1H3/t10-,14+/m1/s1. The molecule has 0 unspecified atom stereocenters. The lowest BCUT2D eigenvalue weighted by molar-refractivity contribution is 0.130. The van der Waals surface area contributed by atoms with Gasteiger partial charge in [0.25, 0.3) is 0 Å². The van der Waals surface area contributed by atoms with Crippen molar-refractivity contribution in [3.8, 4) is 0 Å². The molecule has 0 radical (unpaired) electrons. The van der Waals surface area contributed by atoms with Gasteiger partial charge >= 0.3 is 0 Å². The molecule has 18 heavy (non-hydrogen) atoms. The Morgan fingerprint density at radius 1 is 1.44 bits per heavy atom. The maximum atomic E-state index is 13.8. The Balaban J connectivity index is 2.24. The molecule has 2 rings (SSSR count). The zero-order chi connectivity index (χ0) is 13.1. The van der Waals surface area contributed by atoms with Gasteiger partial charge in [-0.15, -0.1) is 0 Å². The lowest BCUT2D eigenvalue weighted by Gasteiger charge is -2.37. The van der Waals surface area contributed by atoms with Crippen molar-refractivity contribution in [1.82, 2.24) is 4.90 Å². The third-order valence-electron chi connectivity index (χ3n) is 3.67. The van der Waals surface area contributed by atoms with Gasteiger partial charge in [0.05, 0.1) is 6.04 Å². The van der Waals surface area contributed by atoms with Crippen molar-refractivity contribution in [2.45, 2.75) is 25.8 Å². The first-order chi connectivity index (χ1) is 8.61. The minimum atomic E-state index is -0.407. The molecule has 0 bridgehead atoms. The van der Waals surface area contributed by atoms with Gasteiger partial charge in [-0.3, -0.25) is 4.90 Å². The molecule has 0 aliphatic carbocycles. The molecule has 0 spiro atoms. The molecule has 1 aromatic carbocycles. The van der Waals surface area contributed by atoms with E-state index in [0.29, 0.717) is 18.0 Å². The number of nitrogens with zero attached hydrogens (tertiary/aromatic N) is 1. The largest absolute Gasteiger partial charge is 0.329 e. The average Bonchev–Trinajstić information content (AvgIpc) is 2.35. The molecule has 1 aliphatic heterocycles. The highest BCUT2D eigenvalue weighted by atomic mass is 19.1. The highest BCUT2D eigenvalue weighted by Crippen LogP contribution is 2.28. The van der Waals surface area contributed by atoms with Crippen LogP contribution >= 0.6 is 0 Å². The molecule has 2 N–H and O–H groups in total. The molecule has 1 aliphatic rings. The average molecular weight is 254 g/mol. The lowest BCUT2D eigenvalue weighted by Crippen LogP contribution is -2.40. The molecule has 2 nitrogen and oxygen atoms in total. The van der Waals surface area contributed by atoms with Crippen LogP contribution in [-0.4, -0.2) is 24.5 Å². The summed E-state index contributed by atoms with van der Waals surface area (Å²) in [6.07, 6.45) is 2.29. The van der Waals surface area contributed by atoms with Crippen molar-refractivity contribution < 1.29 is 8.78 Å². The van der Waals surface area contributed by atoms with Crippen LogP contribution in [0.1, 0.15) is 31.4 Å². The molecule has 1 aromatic rings. The topological polar surface area (TPSA) is 29.3 Å². The summed E-state index contributed by atoms with van der Waals surface area (Å²) in [6.45, 7) is 4.30. The second-order valence-corrected chi connectivity index (χ2v) is 5.16. The van der Waals surface area contributed by atoms with Crippen molar-refractivity contribution in [2.75, 3.05) is 19.6 Å². The Bertz CT molecular complexity index is 409. The maximum Gasteiger partial charge on any atom is 0.128 e. The Morgan fingerprint density at radius 3 is 2.89 bits per heavy atom. The van der Waals surface area contributed by atoms with E-state index in [1.54, 1.807) is 0 Å². The molecule has 4 heteroatoms. The first kappa shape index (κ1) is 13.4. The maximum absolute atomic E-state index is 13.8. The monoisotopic (exact) mass is 254 g/mol. The SMILES string of the molecule is C[C@@H]1CCCN([C@@H](CN)c2cc(F)ccc2F)C1. The first-order valence-corrected chi connectivity index (χ1v) is 6.51. The van der Waals surface area contributed by atoms with Crippen LogP contribution in [0.3, 0.4) is 0 Å². The van der Waals surface area contributed by atoms with Crippen LogP contribution in [0.2, 0.25) is 0 Å². The summed E-state index contributed by atoms with van der Waals surface area (Å²) in [6, 6.07) is 3.38. The lowest BCUT2D eigenvalue weighted by atomic mass is 9.96. The molecule has 100 valence electrons. The molecule has 1 saturated heterocycles. The van der Waals surface area contributed by atoms with Crippen LogP contribution in [-0.2, 0) is 0 Å². The van der Waals surface area contributed by atoms with Gasteiger partial charge < -0.3 is 5.73 Å². The van der Waals surface area contributed by atoms with E-state index in [9.17, 15) is 8.78 Å². The number of halogens is 2. The molecule has 1 fully saturated rings. The summed E-state index contributed by atoms with van der Waals surface area (Å²) in [5.74, 6) is -0.190. The smallest absolute Gasteiger partial charge is 0.128 e. The second kappa shape index (κ2) is 5.76. The van der Waals surface area contributed by atoms with Crippen LogP contribution in [0.15, 0.2) is 18.2 Å². The zero-order valence-corrected chi connectivity index (χ0v) is 10.7. The molecular formula is C14H20F2N2. The molecule has 0 saturated carbocycles. The van der Waals surface area contributed by atoms with Crippen molar-refractivity contribution in [3.05, 3.63) is 35.4 Å². The normalized spacial score (nSPS) is 23.0. The number of hydrogen-bond donors (Lipinski definition) is 1. The highest BCUT2D eigenvalue weighted by molar-refractivity contribution is 5.23. The molecule has 2 atom stereocenters. The van der Waals surface area contributed by atoms with E-state index in [1.165, 1.54) is 18.6 Å².